The molecule has 1 aromatic rings. The summed E-state index contributed by atoms with van der Waals surface area (Å²) in [7, 11) is 0.754. The third-order valence-corrected chi connectivity index (χ3v) is 4.48. The maximum Gasteiger partial charge on any atom is 0.204 e. The molecule has 0 aliphatic heterocycles. The number of sulfone groups is 1. The Morgan fingerprint density at radius 1 is 1.05 bits per heavy atom. The van der Waals surface area contributed by atoms with Crippen LogP contribution in [0.1, 0.15) is 17.3 Å². The van der Waals surface area contributed by atoms with Gasteiger partial charge in [-0.2, -0.15) is 0 Å². The molecular weight excluding hydrogens is 284 g/mol. The van der Waals surface area contributed by atoms with Gasteiger partial charge in [-0.3, -0.25) is 4.79 Å². The molecule has 0 N–H and O–H groups in total. The summed E-state index contributed by atoms with van der Waals surface area (Å²) in [6.07, 6.45) is 1.02. The van der Waals surface area contributed by atoms with Crippen LogP contribution in [0.4, 0.5) is 0 Å². The van der Waals surface area contributed by atoms with E-state index in [1.54, 1.807) is 0 Å². The van der Waals surface area contributed by atoms with Gasteiger partial charge in [0.25, 0.3) is 0 Å². The maximum absolute atomic E-state index is 12.3. The minimum atomic E-state index is -3.49. The zero-order chi connectivity index (χ0) is 15.5. The fourth-order valence-corrected chi connectivity index (χ4v) is 2.22. The highest BCUT2D eigenvalue weighted by atomic mass is 32.2. The summed E-state index contributed by atoms with van der Waals surface area (Å²) in [5.41, 5.74) is 0.142. The number of rotatable bonds is 6. The van der Waals surface area contributed by atoms with Crippen molar-refractivity contribution in [2.75, 3.05) is 27.6 Å². The van der Waals surface area contributed by atoms with Crippen LogP contribution in [0.5, 0.6) is 17.2 Å². The van der Waals surface area contributed by atoms with Crippen LogP contribution in [0.15, 0.2) is 12.1 Å². The van der Waals surface area contributed by atoms with Crippen LogP contribution < -0.4 is 14.2 Å². The average molecular weight is 302 g/mol. The molecule has 0 radical (unpaired) electrons. The van der Waals surface area contributed by atoms with Crippen molar-refractivity contribution in [1.29, 1.82) is 0 Å². The standard InChI is InChI=1S/C13H18O6S/c1-8(20(5,15)16)11(14)9-6-7-10(17-2)13(19-4)12(9)18-3/h6-8H,1-5H3. The van der Waals surface area contributed by atoms with Crippen LogP contribution in [0.2, 0.25) is 0 Å². The quantitative estimate of drug-likeness (QED) is 0.738. The Hall–Kier alpha value is -1.76. The van der Waals surface area contributed by atoms with Crippen LogP contribution >= 0.6 is 0 Å². The second kappa shape index (κ2) is 6.13. The lowest BCUT2D eigenvalue weighted by molar-refractivity contribution is 0.0988. The molecule has 1 unspecified atom stereocenters. The van der Waals surface area contributed by atoms with Crippen LogP contribution in [0.25, 0.3) is 0 Å². The van der Waals surface area contributed by atoms with Gasteiger partial charge in [-0.05, 0) is 19.1 Å². The van der Waals surface area contributed by atoms with Gasteiger partial charge in [0.2, 0.25) is 5.75 Å². The van der Waals surface area contributed by atoms with Crippen molar-refractivity contribution in [2.24, 2.45) is 0 Å². The van der Waals surface area contributed by atoms with Crippen LogP contribution in [0, 0.1) is 0 Å². The second-order valence-electron chi connectivity index (χ2n) is 4.22. The Balaban J connectivity index is 3.43. The number of hydrogen-bond donors (Lipinski definition) is 0. The number of ketones is 1. The van der Waals surface area contributed by atoms with E-state index < -0.39 is 20.9 Å². The molecule has 0 aliphatic rings. The van der Waals surface area contributed by atoms with Gasteiger partial charge in [0, 0.05) is 6.26 Å². The molecule has 0 spiro atoms. The minimum absolute atomic E-state index is 0.142. The monoisotopic (exact) mass is 302 g/mol. The van der Waals surface area contributed by atoms with E-state index in [1.165, 1.54) is 40.4 Å². The van der Waals surface area contributed by atoms with Gasteiger partial charge in [-0.25, -0.2) is 8.42 Å². The topological polar surface area (TPSA) is 78.9 Å². The highest BCUT2D eigenvalue weighted by molar-refractivity contribution is 7.92. The first-order valence-corrected chi connectivity index (χ1v) is 7.75. The smallest absolute Gasteiger partial charge is 0.204 e. The molecule has 0 amide bonds. The van der Waals surface area contributed by atoms with Crippen LogP contribution in [-0.2, 0) is 9.84 Å². The van der Waals surface area contributed by atoms with E-state index in [-0.39, 0.29) is 17.1 Å². The number of methoxy groups -OCH3 is 3. The molecule has 1 aromatic carbocycles. The second-order valence-corrected chi connectivity index (χ2v) is 6.58. The van der Waals surface area contributed by atoms with Gasteiger partial charge in [-0.15, -0.1) is 0 Å². The van der Waals surface area contributed by atoms with Crippen molar-refractivity contribution in [3.8, 4) is 17.2 Å². The third kappa shape index (κ3) is 3.04. The molecule has 0 heterocycles. The van der Waals surface area contributed by atoms with E-state index in [1.807, 2.05) is 0 Å². The van der Waals surface area contributed by atoms with Gasteiger partial charge in [0.1, 0.15) is 5.25 Å². The van der Waals surface area contributed by atoms with Crippen molar-refractivity contribution >= 4 is 15.6 Å². The number of carbonyl (C=O) groups is 1. The molecule has 1 atom stereocenters. The van der Waals surface area contributed by atoms with E-state index in [0.717, 1.165) is 6.26 Å². The lowest BCUT2D eigenvalue weighted by Crippen LogP contribution is -2.26. The minimum Gasteiger partial charge on any atom is -0.493 e. The van der Waals surface area contributed by atoms with Crippen molar-refractivity contribution < 1.29 is 27.4 Å². The zero-order valence-corrected chi connectivity index (χ0v) is 12.9. The maximum atomic E-state index is 12.3. The molecule has 6 nitrogen and oxygen atoms in total. The molecule has 1 rings (SSSR count). The number of Topliss-reactive ketones (excluding diaryl/α,β-unsaturated/α-hetero) is 1. The SMILES string of the molecule is COc1ccc(C(=O)C(C)S(C)(=O)=O)c(OC)c1OC. The molecular formula is C13H18O6S. The summed E-state index contributed by atoms with van der Waals surface area (Å²) in [6, 6.07) is 2.99. The zero-order valence-electron chi connectivity index (χ0n) is 12.1. The van der Waals surface area contributed by atoms with E-state index in [4.69, 9.17) is 14.2 Å². The van der Waals surface area contributed by atoms with Crippen LogP contribution in [0.3, 0.4) is 0 Å². The molecule has 112 valence electrons. The first-order valence-electron chi connectivity index (χ1n) is 5.80. The third-order valence-electron chi connectivity index (χ3n) is 2.98. The first kappa shape index (κ1) is 16.3. The van der Waals surface area contributed by atoms with Gasteiger partial charge >= 0.3 is 0 Å². The van der Waals surface area contributed by atoms with E-state index in [2.05, 4.69) is 0 Å². The highest BCUT2D eigenvalue weighted by Gasteiger charge is 2.29. The number of ether oxygens (including phenoxy) is 3. The first-order chi connectivity index (χ1) is 9.27. The van der Waals surface area contributed by atoms with Crippen LogP contribution in [-0.4, -0.2) is 47.0 Å². The van der Waals surface area contributed by atoms with Crippen molar-refractivity contribution in [2.45, 2.75) is 12.2 Å². The molecule has 7 heteroatoms. The normalized spacial score (nSPS) is 12.7. The Bertz CT molecular complexity index is 606. The van der Waals surface area contributed by atoms with Crippen molar-refractivity contribution in [1.82, 2.24) is 0 Å². The summed E-state index contributed by atoms with van der Waals surface area (Å²) in [5, 5.41) is -1.16. The number of carbonyl (C=O) groups excluding carboxylic acids is 1. The number of hydrogen-bond acceptors (Lipinski definition) is 6. The van der Waals surface area contributed by atoms with Crippen molar-refractivity contribution in [3.63, 3.8) is 0 Å². The summed E-state index contributed by atoms with van der Waals surface area (Å²) in [5.74, 6) is 0.257. The lowest BCUT2D eigenvalue weighted by Gasteiger charge is -2.16. The molecule has 0 saturated heterocycles. The molecule has 0 aromatic heterocycles. The largest absolute Gasteiger partial charge is 0.493 e. The fourth-order valence-electron chi connectivity index (χ4n) is 1.71. The molecule has 0 bridgehead atoms. The fraction of sp³-hybridized carbons (Fsp3) is 0.462. The Morgan fingerprint density at radius 2 is 1.60 bits per heavy atom. The molecule has 20 heavy (non-hydrogen) atoms. The van der Waals surface area contributed by atoms with Gasteiger partial charge in [-0.1, -0.05) is 0 Å². The lowest BCUT2D eigenvalue weighted by atomic mass is 10.1. The molecule has 0 saturated carbocycles. The van der Waals surface area contributed by atoms with Gasteiger partial charge in [0.15, 0.2) is 27.1 Å². The Kier molecular flexibility index (Phi) is 4.99. The average Bonchev–Trinajstić information content (AvgIpc) is 2.42. The molecule has 0 fully saturated rings. The van der Waals surface area contributed by atoms with E-state index >= 15 is 0 Å². The van der Waals surface area contributed by atoms with Gasteiger partial charge < -0.3 is 14.2 Å². The highest BCUT2D eigenvalue weighted by Crippen LogP contribution is 2.40. The number of benzene rings is 1. The van der Waals surface area contributed by atoms with Crippen molar-refractivity contribution in [3.05, 3.63) is 17.7 Å². The predicted molar refractivity (Wildman–Crippen MR) is 74.7 cm³/mol. The Morgan fingerprint density at radius 3 is 2.00 bits per heavy atom. The van der Waals surface area contributed by atoms with Gasteiger partial charge in [0.05, 0.1) is 26.9 Å². The Labute approximate surface area is 118 Å². The van der Waals surface area contributed by atoms with E-state index in [0.29, 0.717) is 5.75 Å². The predicted octanol–water partition coefficient (Wildman–Crippen LogP) is 1.33. The molecule has 0 aliphatic carbocycles. The van der Waals surface area contributed by atoms with E-state index in [9.17, 15) is 13.2 Å². The summed E-state index contributed by atoms with van der Waals surface area (Å²) in [6.45, 7) is 1.34. The summed E-state index contributed by atoms with van der Waals surface area (Å²) in [4.78, 5) is 12.3. The summed E-state index contributed by atoms with van der Waals surface area (Å²) >= 11 is 0. The summed E-state index contributed by atoms with van der Waals surface area (Å²) < 4.78 is 38.5.